The Kier molecular flexibility index (Phi) is 8.40. The Morgan fingerprint density at radius 2 is 1.98 bits per heavy atom. The molecule has 1 fully saturated rings. The van der Waals surface area contributed by atoms with E-state index in [1.807, 2.05) is 23.7 Å². The lowest BCUT2D eigenvalue weighted by molar-refractivity contribution is -0.122. The zero-order valence-corrected chi connectivity index (χ0v) is 27.9. The fraction of sp³-hybridized carbons (Fsp3) is 0.486. The summed E-state index contributed by atoms with van der Waals surface area (Å²) >= 11 is 6.42. The third-order valence-corrected chi connectivity index (χ3v) is 12.1. The number of aryl methyl sites for hydroxylation is 2. The van der Waals surface area contributed by atoms with Crippen LogP contribution in [0, 0.1) is 18.8 Å². The number of anilines is 1. The SMILES string of the molecule is COCC1C(=O)NS(=O)(=O)c2ccc3c(c2)N(C[C@@H]2CC[C@H]2C/C=C/Cn2nc1cc2C)C[C@@]1(CCCc2cc(Cl)ccc21)CO3. The molecule has 2 aliphatic heterocycles. The van der Waals surface area contributed by atoms with E-state index in [-0.39, 0.29) is 16.9 Å². The Morgan fingerprint density at radius 1 is 1.13 bits per heavy atom. The number of fused-ring (bicyclic) bond motifs is 6. The van der Waals surface area contributed by atoms with Crippen molar-refractivity contribution in [3.05, 3.63) is 82.2 Å². The van der Waals surface area contributed by atoms with Gasteiger partial charge in [-0.15, -0.1) is 0 Å². The van der Waals surface area contributed by atoms with Crippen LogP contribution in [0.25, 0.3) is 0 Å². The van der Waals surface area contributed by atoms with E-state index in [1.165, 1.54) is 30.7 Å². The first kappa shape index (κ1) is 31.3. The van der Waals surface area contributed by atoms with E-state index < -0.39 is 21.8 Å². The standard InChI is InChI=1S/C35H41ClN4O5S/c1-23-16-31-29(20-44-2)34(41)38-46(42,43)28-11-13-33-32(18-28)39(19-26-9-8-24(26)6-3-4-15-40(23)37-31)21-35(22-45-33)14-5-7-25-17-27(36)10-12-30(25)35/h3-4,10-13,16-18,24,26,29H,5-9,14-15,19-22H2,1-2H3,(H,38,41)/b4-3+/t24-,26+,29?,35+/m1/s1. The zero-order valence-electron chi connectivity index (χ0n) is 26.4. The van der Waals surface area contributed by atoms with Gasteiger partial charge in [0, 0.05) is 36.3 Å². The fourth-order valence-electron chi connectivity index (χ4n) is 7.79. The molecule has 0 radical (unpaired) electrons. The molecule has 2 aliphatic carbocycles. The number of carbonyl (C=O) groups is 1. The summed E-state index contributed by atoms with van der Waals surface area (Å²) < 4.78 is 43.7. The first-order valence-corrected chi connectivity index (χ1v) is 18.1. The number of aromatic nitrogens is 2. The molecule has 1 spiro atoms. The Morgan fingerprint density at radius 3 is 2.78 bits per heavy atom. The van der Waals surface area contributed by atoms with E-state index in [9.17, 15) is 13.2 Å². The van der Waals surface area contributed by atoms with Crippen LogP contribution in [0.15, 0.2) is 59.5 Å². The number of hydrogen-bond acceptors (Lipinski definition) is 7. The number of nitrogens with zero attached hydrogens (tertiary/aromatic N) is 3. The van der Waals surface area contributed by atoms with Crippen LogP contribution in [0.2, 0.25) is 5.02 Å². The molecule has 3 heterocycles. The van der Waals surface area contributed by atoms with Crippen LogP contribution in [-0.4, -0.2) is 57.5 Å². The van der Waals surface area contributed by atoms with Crippen LogP contribution >= 0.6 is 11.6 Å². The molecular weight excluding hydrogens is 624 g/mol. The molecule has 2 aromatic carbocycles. The molecule has 1 saturated carbocycles. The zero-order chi connectivity index (χ0) is 32.1. The first-order valence-electron chi connectivity index (χ1n) is 16.2. The molecule has 7 rings (SSSR count). The normalized spacial score (nSPS) is 27.9. The Hall–Kier alpha value is -3.34. The summed E-state index contributed by atoms with van der Waals surface area (Å²) in [7, 11) is -2.73. The van der Waals surface area contributed by atoms with Crippen LogP contribution in [0.4, 0.5) is 5.69 Å². The maximum absolute atomic E-state index is 13.8. The average molecular weight is 665 g/mol. The summed E-state index contributed by atoms with van der Waals surface area (Å²) in [6.07, 6.45) is 10.6. The Labute approximate surface area is 276 Å². The van der Waals surface area contributed by atoms with Crippen molar-refractivity contribution >= 4 is 33.2 Å². The summed E-state index contributed by atoms with van der Waals surface area (Å²) in [5, 5.41) is 5.39. The van der Waals surface area contributed by atoms with Gasteiger partial charge >= 0.3 is 0 Å². The van der Waals surface area contributed by atoms with Crippen molar-refractivity contribution in [2.24, 2.45) is 11.8 Å². The molecule has 11 heteroatoms. The molecule has 46 heavy (non-hydrogen) atoms. The molecule has 1 unspecified atom stereocenters. The molecule has 1 amide bonds. The van der Waals surface area contributed by atoms with Gasteiger partial charge in [0.05, 0.1) is 36.0 Å². The number of amides is 1. The van der Waals surface area contributed by atoms with Crippen molar-refractivity contribution in [3.63, 3.8) is 0 Å². The summed E-state index contributed by atoms with van der Waals surface area (Å²) in [6.45, 7) is 4.51. The molecule has 9 nitrogen and oxygen atoms in total. The number of ether oxygens (including phenoxy) is 2. The molecule has 4 atom stereocenters. The molecule has 0 saturated heterocycles. The second kappa shape index (κ2) is 12.4. The van der Waals surface area contributed by atoms with Gasteiger partial charge in [0.1, 0.15) is 11.7 Å². The maximum Gasteiger partial charge on any atom is 0.264 e. The van der Waals surface area contributed by atoms with Crippen LogP contribution in [0.1, 0.15) is 60.5 Å². The number of allylic oxidation sites excluding steroid dienone is 2. The van der Waals surface area contributed by atoms with Gasteiger partial charge in [-0.1, -0.05) is 29.8 Å². The predicted octanol–water partition coefficient (Wildman–Crippen LogP) is 5.54. The maximum atomic E-state index is 13.8. The lowest BCUT2D eigenvalue weighted by Crippen LogP contribution is -2.48. The number of carbonyl (C=O) groups excluding carboxylic acids is 1. The quantitative estimate of drug-likeness (QED) is 0.359. The van der Waals surface area contributed by atoms with Crippen LogP contribution in [0.3, 0.4) is 0 Å². The number of nitrogens with one attached hydrogen (secondary N) is 1. The summed E-state index contributed by atoms with van der Waals surface area (Å²) in [5.41, 5.74) is 4.38. The lowest BCUT2D eigenvalue weighted by atomic mass is 9.69. The molecule has 1 aromatic heterocycles. The number of methoxy groups -OCH3 is 1. The highest BCUT2D eigenvalue weighted by Crippen LogP contribution is 2.47. The van der Waals surface area contributed by atoms with Gasteiger partial charge < -0.3 is 14.4 Å². The third kappa shape index (κ3) is 5.84. The smallest absolute Gasteiger partial charge is 0.264 e. The summed E-state index contributed by atoms with van der Waals surface area (Å²) in [4.78, 5) is 15.9. The van der Waals surface area contributed by atoms with Crippen molar-refractivity contribution in [3.8, 4) is 5.75 Å². The minimum atomic E-state index is -4.22. The Balaban J connectivity index is 1.30. The largest absolute Gasteiger partial charge is 0.490 e. The predicted molar refractivity (Wildman–Crippen MR) is 177 cm³/mol. The van der Waals surface area contributed by atoms with E-state index in [1.54, 1.807) is 12.1 Å². The highest BCUT2D eigenvalue weighted by Gasteiger charge is 2.43. The first-order chi connectivity index (χ1) is 22.2. The van der Waals surface area contributed by atoms with E-state index in [0.717, 1.165) is 55.1 Å². The van der Waals surface area contributed by atoms with Gasteiger partial charge in [0.15, 0.2) is 0 Å². The molecule has 3 aromatic rings. The molecule has 244 valence electrons. The second-order valence-corrected chi connectivity index (χ2v) is 15.5. The number of hydrogen-bond donors (Lipinski definition) is 1. The van der Waals surface area contributed by atoms with Gasteiger partial charge in [0.25, 0.3) is 10.0 Å². The molecule has 4 aliphatic rings. The number of benzene rings is 2. The third-order valence-electron chi connectivity index (χ3n) is 10.5. The number of halogens is 1. The Bertz CT molecular complexity index is 1790. The van der Waals surface area contributed by atoms with Crippen LogP contribution < -0.4 is 14.4 Å². The molecule has 4 bridgehead atoms. The van der Waals surface area contributed by atoms with E-state index in [4.69, 9.17) is 21.1 Å². The average Bonchev–Trinajstić information content (AvgIpc) is 3.30. The minimum Gasteiger partial charge on any atom is -0.490 e. The van der Waals surface area contributed by atoms with Gasteiger partial charge in [-0.25, -0.2) is 13.1 Å². The van der Waals surface area contributed by atoms with Crippen molar-refractivity contribution in [1.82, 2.24) is 14.5 Å². The van der Waals surface area contributed by atoms with Crippen molar-refractivity contribution in [1.29, 1.82) is 0 Å². The fourth-order valence-corrected chi connectivity index (χ4v) is 9.03. The highest BCUT2D eigenvalue weighted by atomic mass is 35.5. The molecule has 1 N–H and O–H groups in total. The van der Waals surface area contributed by atoms with Crippen molar-refractivity contribution in [2.75, 3.05) is 38.3 Å². The number of rotatable bonds is 2. The van der Waals surface area contributed by atoms with E-state index in [2.05, 4.69) is 39.0 Å². The van der Waals surface area contributed by atoms with E-state index in [0.29, 0.717) is 43.0 Å². The lowest BCUT2D eigenvalue weighted by Gasteiger charge is -2.44. The number of sulfonamides is 1. The van der Waals surface area contributed by atoms with Crippen LogP contribution in [0.5, 0.6) is 5.75 Å². The second-order valence-electron chi connectivity index (χ2n) is 13.4. The van der Waals surface area contributed by atoms with Crippen molar-refractivity contribution in [2.45, 2.75) is 68.2 Å². The van der Waals surface area contributed by atoms with E-state index >= 15 is 0 Å². The molecular formula is C35H41ClN4O5S. The summed E-state index contributed by atoms with van der Waals surface area (Å²) in [5.74, 6) is 0.0979. The van der Waals surface area contributed by atoms with Gasteiger partial charge in [-0.05, 0) is 105 Å². The van der Waals surface area contributed by atoms with Gasteiger partial charge in [-0.2, -0.15) is 5.10 Å². The van der Waals surface area contributed by atoms with Gasteiger partial charge in [-0.3, -0.25) is 9.48 Å². The topological polar surface area (TPSA) is 103 Å². The van der Waals surface area contributed by atoms with Crippen molar-refractivity contribution < 1.29 is 22.7 Å². The highest BCUT2D eigenvalue weighted by molar-refractivity contribution is 7.90. The minimum absolute atomic E-state index is 0.00269. The summed E-state index contributed by atoms with van der Waals surface area (Å²) in [6, 6.07) is 13.0. The monoisotopic (exact) mass is 664 g/mol. The van der Waals surface area contributed by atoms with Crippen LogP contribution in [-0.2, 0) is 37.9 Å². The van der Waals surface area contributed by atoms with Gasteiger partial charge in [0.2, 0.25) is 5.91 Å².